The van der Waals surface area contributed by atoms with Crippen LogP contribution in [0.3, 0.4) is 0 Å². The average Bonchev–Trinajstić information content (AvgIpc) is 2.59. The number of rotatable bonds is 6. The smallest absolute Gasteiger partial charge is 0.0937 e. The summed E-state index contributed by atoms with van der Waals surface area (Å²) in [5.41, 5.74) is 2.85. The van der Waals surface area contributed by atoms with Crippen LogP contribution >= 0.6 is 0 Å². The predicted octanol–water partition coefficient (Wildman–Crippen LogP) is 3.96. The summed E-state index contributed by atoms with van der Waals surface area (Å²) in [7, 11) is 0. The maximum absolute atomic E-state index is 5.24. The van der Waals surface area contributed by atoms with Crippen LogP contribution in [0.25, 0.3) is 0 Å². The molecule has 0 unspecified atom stereocenters. The monoisotopic (exact) mass is 180 g/mol. The topological polar surface area (TPSA) is 13.1 Å². The minimum absolute atomic E-state index is 1.19. The van der Waals surface area contributed by atoms with Gasteiger partial charge in [0.2, 0.25) is 0 Å². The zero-order chi connectivity index (χ0) is 9.52. The van der Waals surface area contributed by atoms with E-state index in [9.17, 15) is 0 Å². The van der Waals surface area contributed by atoms with Crippen molar-refractivity contribution >= 4 is 0 Å². The van der Waals surface area contributed by atoms with E-state index in [1.165, 1.54) is 49.7 Å². The zero-order valence-electron chi connectivity index (χ0n) is 8.81. The molecule has 0 aliphatic heterocycles. The van der Waals surface area contributed by atoms with E-state index in [1.54, 1.807) is 0 Å². The van der Waals surface area contributed by atoms with Gasteiger partial charge >= 0.3 is 0 Å². The Labute approximate surface area is 81.1 Å². The molecular weight excluding hydrogens is 160 g/mol. The maximum atomic E-state index is 5.24. The van der Waals surface area contributed by atoms with Gasteiger partial charge in [-0.1, -0.05) is 26.7 Å². The molecule has 0 aromatic carbocycles. The summed E-state index contributed by atoms with van der Waals surface area (Å²) in [5.74, 6) is 0. The first-order chi connectivity index (χ1) is 6.38. The Morgan fingerprint density at radius 2 is 1.38 bits per heavy atom. The summed E-state index contributed by atoms with van der Waals surface area (Å²) in [6.45, 7) is 4.46. The molecule has 1 rings (SSSR count). The van der Waals surface area contributed by atoms with E-state index in [4.69, 9.17) is 4.42 Å². The van der Waals surface area contributed by atoms with E-state index in [-0.39, 0.29) is 0 Å². The second kappa shape index (κ2) is 5.85. The molecule has 74 valence electrons. The molecule has 1 nitrogen and oxygen atoms in total. The van der Waals surface area contributed by atoms with Crippen molar-refractivity contribution in [2.24, 2.45) is 0 Å². The van der Waals surface area contributed by atoms with Crippen molar-refractivity contribution in [3.05, 3.63) is 23.7 Å². The molecule has 13 heavy (non-hydrogen) atoms. The molecule has 0 aliphatic rings. The SMILES string of the molecule is CCCCc1cocc1CCCC. The second-order valence-electron chi connectivity index (χ2n) is 3.63. The first-order valence-corrected chi connectivity index (χ1v) is 5.42. The van der Waals surface area contributed by atoms with Crippen LogP contribution in [0.5, 0.6) is 0 Å². The number of hydrogen-bond acceptors (Lipinski definition) is 1. The summed E-state index contributed by atoms with van der Waals surface area (Å²) >= 11 is 0. The van der Waals surface area contributed by atoms with Gasteiger partial charge in [-0.05, 0) is 36.8 Å². The summed E-state index contributed by atoms with van der Waals surface area (Å²) in [5, 5.41) is 0. The molecule has 0 saturated heterocycles. The lowest BCUT2D eigenvalue weighted by molar-refractivity contribution is 0.559. The highest BCUT2D eigenvalue weighted by molar-refractivity contribution is 5.21. The Morgan fingerprint density at radius 3 is 1.77 bits per heavy atom. The van der Waals surface area contributed by atoms with Crippen LogP contribution in [0.1, 0.15) is 50.7 Å². The normalized spacial score (nSPS) is 10.6. The van der Waals surface area contributed by atoms with Crippen molar-refractivity contribution in [2.45, 2.75) is 52.4 Å². The second-order valence-corrected chi connectivity index (χ2v) is 3.63. The summed E-state index contributed by atoms with van der Waals surface area (Å²) in [6, 6.07) is 0. The lowest BCUT2D eigenvalue weighted by Gasteiger charge is -2.00. The third-order valence-electron chi connectivity index (χ3n) is 2.43. The summed E-state index contributed by atoms with van der Waals surface area (Å²) < 4.78 is 5.24. The van der Waals surface area contributed by atoms with Gasteiger partial charge in [0.15, 0.2) is 0 Å². The van der Waals surface area contributed by atoms with Gasteiger partial charge in [0, 0.05) is 0 Å². The Kier molecular flexibility index (Phi) is 4.66. The van der Waals surface area contributed by atoms with Crippen molar-refractivity contribution in [1.82, 2.24) is 0 Å². The Balaban J connectivity index is 2.45. The molecule has 0 spiro atoms. The minimum atomic E-state index is 1.19. The molecule has 0 saturated carbocycles. The number of furan rings is 1. The van der Waals surface area contributed by atoms with E-state index < -0.39 is 0 Å². The van der Waals surface area contributed by atoms with Gasteiger partial charge in [-0.2, -0.15) is 0 Å². The maximum Gasteiger partial charge on any atom is 0.0937 e. The lowest BCUT2D eigenvalue weighted by atomic mass is 10.0. The van der Waals surface area contributed by atoms with Crippen molar-refractivity contribution < 1.29 is 4.42 Å². The van der Waals surface area contributed by atoms with Gasteiger partial charge < -0.3 is 4.42 Å². The van der Waals surface area contributed by atoms with Gasteiger partial charge in [-0.15, -0.1) is 0 Å². The van der Waals surface area contributed by atoms with Gasteiger partial charge in [-0.25, -0.2) is 0 Å². The van der Waals surface area contributed by atoms with E-state index in [0.717, 1.165) is 0 Å². The number of unbranched alkanes of at least 4 members (excludes halogenated alkanes) is 2. The van der Waals surface area contributed by atoms with Crippen LogP contribution in [0, 0.1) is 0 Å². The molecule has 0 radical (unpaired) electrons. The van der Waals surface area contributed by atoms with Crippen LogP contribution < -0.4 is 0 Å². The highest BCUT2D eigenvalue weighted by Crippen LogP contribution is 2.15. The molecule has 1 aromatic heterocycles. The van der Waals surface area contributed by atoms with Gasteiger partial charge in [0.1, 0.15) is 0 Å². The summed E-state index contributed by atoms with van der Waals surface area (Å²) in [6.07, 6.45) is 11.3. The molecule has 0 N–H and O–H groups in total. The van der Waals surface area contributed by atoms with E-state index in [1.807, 2.05) is 12.5 Å². The van der Waals surface area contributed by atoms with Crippen molar-refractivity contribution in [2.75, 3.05) is 0 Å². The predicted molar refractivity (Wildman–Crippen MR) is 55.9 cm³/mol. The quantitative estimate of drug-likeness (QED) is 0.645. The Hall–Kier alpha value is -0.720. The third kappa shape index (κ3) is 3.25. The van der Waals surface area contributed by atoms with Crippen molar-refractivity contribution in [1.29, 1.82) is 0 Å². The zero-order valence-corrected chi connectivity index (χ0v) is 8.81. The number of aryl methyl sites for hydroxylation is 2. The van der Waals surface area contributed by atoms with Crippen LogP contribution in [0.2, 0.25) is 0 Å². The minimum Gasteiger partial charge on any atom is -0.472 e. The standard InChI is InChI=1S/C12H20O/c1-3-5-7-11-9-13-10-12(11)8-6-4-2/h9-10H,3-8H2,1-2H3. The Morgan fingerprint density at radius 1 is 0.923 bits per heavy atom. The fourth-order valence-electron chi connectivity index (χ4n) is 1.52. The largest absolute Gasteiger partial charge is 0.472 e. The van der Waals surface area contributed by atoms with E-state index in [2.05, 4.69) is 13.8 Å². The average molecular weight is 180 g/mol. The van der Waals surface area contributed by atoms with Gasteiger partial charge in [-0.3, -0.25) is 0 Å². The molecule has 0 atom stereocenters. The molecule has 0 aliphatic carbocycles. The van der Waals surface area contributed by atoms with Crippen LogP contribution in [-0.4, -0.2) is 0 Å². The van der Waals surface area contributed by atoms with Crippen LogP contribution in [-0.2, 0) is 12.8 Å². The molecule has 1 heteroatoms. The van der Waals surface area contributed by atoms with Crippen molar-refractivity contribution in [3.63, 3.8) is 0 Å². The first-order valence-electron chi connectivity index (χ1n) is 5.42. The van der Waals surface area contributed by atoms with Crippen molar-refractivity contribution in [3.8, 4) is 0 Å². The molecule has 0 amide bonds. The molecular formula is C12H20O. The Bertz CT molecular complexity index is 202. The third-order valence-corrected chi connectivity index (χ3v) is 2.43. The molecule has 0 bridgehead atoms. The molecule has 1 heterocycles. The van der Waals surface area contributed by atoms with Gasteiger partial charge in [0.05, 0.1) is 12.5 Å². The fourth-order valence-corrected chi connectivity index (χ4v) is 1.52. The molecule has 1 aromatic rings. The van der Waals surface area contributed by atoms with E-state index >= 15 is 0 Å². The van der Waals surface area contributed by atoms with Gasteiger partial charge in [0.25, 0.3) is 0 Å². The van der Waals surface area contributed by atoms with E-state index in [0.29, 0.717) is 0 Å². The van der Waals surface area contributed by atoms with Crippen LogP contribution in [0.15, 0.2) is 16.9 Å². The molecule has 0 fully saturated rings. The first kappa shape index (κ1) is 10.4. The summed E-state index contributed by atoms with van der Waals surface area (Å²) in [4.78, 5) is 0. The highest BCUT2D eigenvalue weighted by atomic mass is 16.3. The lowest BCUT2D eigenvalue weighted by Crippen LogP contribution is -1.89. The fraction of sp³-hybridized carbons (Fsp3) is 0.667. The number of hydrogen-bond donors (Lipinski definition) is 0. The van der Waals surface area contributed by atoms with Crippen LogP contribution in [0.4, 0.5) is 0 Å². The highest BCUT2D eigenvalue weighted by Gasteiger charge is 2.03.